The number of anilines is 1. The van der Waals surface area contributed by atoms with Crippen LogP contribution < -0.4 is 10.1 Å². The summed E-state index contributed by atoms with van der Waals surface area (Å²) in [5, 5.41) is 3.38. The van der Waals surface area contributed by atoms with Crippen LogP contribution in [0.5, 0.6) is 5.88 Å². The molecule has 0 radical (unpaired) electrons. The van der Waals surface area contributed by atoms with E-state index in [2.05, 4.69) is 15.2 Å². The quantitative estimate of drug-likeness (QED) is 0.856. The van der Waals surface area contributed by atoms with E-state index in [1.54, 1.807) is 0 Å². The van der Waals surface area contributed by atoms with Gasteiger partial charge in [-0.1, -0.05) is 18.9 Å². The van der Waals surface area contributed by atoms with Crippen LogP contribution in [-0.4, -0.2) is 42.7 Å². The zero-order chi connectivity index (χ0) is 13.3. The highest BCUT2D eigenvalue weighted by molar-refractivity contribution is 5.36. The first kappa shape index (κ1) is 14.1. The highest BCUT2D eigenvalue weighted by Crippen LogP contribution is 2.12. The minimum atomic E-state index is 0.657. The number of likely N-dealkylation sites (tertiary alicyclic amines) is 1. The van der Waals surface area contributed by atoms with Crippen molar-refractivity contribution in [1.29, 1.82) is 0 Å². The second-order valence-electron chi connectivity index (χ2n) is 4.98. The van der Waals surface area contributed by atoms with Crippen molar-refractivity contribution in [3.05, 3.63) is 18.2 Å². The van der Waals surface area contributed by atoms with E-state index >= 15 is 0 Å². The van der Waals surface area contributed by atoms with Gasteiger partial charge in [-0.3, -0.25) is 0 Å². The summed E-state index contributed by atoms with van der Waals surface area (Å²) in [6.45, 7) is 7.16. The maximum Gasteiger partial charge on any atom is 0.215 e. The fourth-order valence-corrected chi connectivity index (χ4v) is 2.44. The van der Waals surface area contributed by atoms with Gasteiger partial charge in [0.05, 0.1) is 6.61 Å². The van der Waals surface area contributed by atoms with Crippen molar-refractivity contribution in [3.63, 3.8) is 0 Å². The van der Waals surface area contributed by atoms with Crippen molar-refractivity contribution >= 4 is 5.82 Å². The Balaban J connectivity index is 1.73. The third kappa shape index (κ3) is 5.07. The summed E-state index contributed by atoms with van der Waals surface area (Å²) in [5.41, 5.74) is 0. The molecule has 0 saturated carbocycles. The van der Waals surface area contributed by atoms with Gasteiger partial charge in [0.15, 0.2) is 0 Å². The van der Waals surface area contributed by atoms with Gasteiger partial charge >= 0.3 is 0 Å². The van der Waals surface area contributed by atoms with Crippen LogP contribution in [0.25, 0.3) is 0 Å². The molecule has 1 aliphatic rings. The third-order valence-electron chi connectivity index (χ3n) is 3.45. The van der Waals surface area contributed by atoms with Gasteiger partial charge in [0.25, 0.3) is 0 Å². The lowest BCUT2D eigenvalue weighted by molar-refractivity contribution is 0.296. The maximum absolute atomic E-state index is 5.40. The van der Waals surface area contributed by atoms with Crippen LogP contribution in [0, 0.1) is 0 Å². The Morgan fingerprint density at radius 2 is 2.00 bits per heavy atom. The predicted molar refractivity (Wildman–Crippen MR) is 78.8 cm³/mol. The van der Waals surface area contributed by atoms with Crippen LogP contribution in [0.1, 0.15) is 32.6 Å². The van der Waals surface area contributed by atoms with Crippen molar-refractivity contribution in [2.24, 2.45) is 0 Å². The molecule has 0 bridgehead atoms. The summed E-state index contributed by atoms with van der Waals surface area (Å²) in [5.74, 6) is 1.60. The second kappa shape index (κ2) is 8.00. The molecule has 1 aliphatic heterocycles. The first-order valence-corrected chi connectivity index (χ1v) is 7.44. The van der Waals surface area contributed by atoms with Crippen LogP contribution in [0.3, 0.4) is 0 Å². The van der Waals surface area contributed by atoms with E-state index in [0.717, 1.165) is 18.9 Å². The van der Waals surface area contributed by atoms with E-state index in [1.807, 2.05) is 25.1 Å². The molecule has 1 aromatic heterocycles. The molecule has 0 unspecified atom stereocenters. The Hall–Kier alpha value is -1.29. The number of hydrogen-bond donors (Lipinski definition) is 1. The highest BCUT2D eigenvalue weighted by Gasteiger charge is 2.08. The van der Waals surface area contributed by atoms with E-state index in [-0.39, 0.29) is 0 Å². The predicted octanol–water partition coefficient (Wildman–Crippen LogP) is 2.77. The first-order valence-electron chi connectivity index (χ1n) is 7.44. The largest absolute Gasteiger partial charge is 0.478 e. The number of hydrogen-bond acceptors (Lipinski definition) is 4. The number of nitrogens with one attached hydrogen (secondary N) is 1. The fraction of sp³-hybridized carbons (Fsp3) is 0.667. The Morgan fingerprint density at radius 1 is 1.21 bits per heavy atom. The molecule has 1 fully saturated rings. The molecule has 0 amide bonds. The Bertz CT molecular complexity index is 362. The highest BCUT2D eigenvalue weighted by atomic mass is 16.5. The smallest absolute Gasteiger partial charge is 0.215 e. The van der Waals surface area contributed by atoms with Crippen molar-refractivity contribution < 1.29 is 4.74 Å². The van der Waals surface area contributed by atoms with E-state index in [1.165, 1.54) is 38.8 Å². The lowest BCUT2D eigenvalue weighted by Crippen LogP contribution is -2.30. The molecule has 1 saturated heterocycles. The molecule has 0 aliphatic carbocycles. The zero-order valence-corrected chi connectivity index (χ0v) is 11.9. The topological polar surface area (TPSA) is 37.4 Å². The van der Waals surface area contributed by atoms with Crippen LogP contribution in [0.15, 0.2) is 18.2 Å². The summed E-state index contributed by atoms with van der Waals surface area (Å²) >= 11 is 0. The van der Waals surface area contributed by atoms with Crippen molar-refractivity contribution in [2.45, 2.75) is 32.6 Å². The molecular weight excluding hydrogens is 238 g/mol. The van der Waals surface area contributed by atoms with Gasteiger partial charge in [0.1, 0.15) is 5.82 Å². The number of pyridine rings is 1. The molecule has 106 valence electrons. The van der Waals surface area contributed by atoms with Gasteiger partial charge in [-0.15, -0.1) is 0 Å². The van der Waals surface area contributed by atoms with Gasteiger partial charge in [-0.2, -0.15) is 4.98 Å². The summed E-state index contributed by atoms with van der Waals surface area (Å²) < 4.78 is 5.40. The molecule has 0 aromatic carbocycles. The maximum atomic E-state index is 5.40. The number of rotatable bonds is 6. The molecule has 1 aromatic rings. The van der Waals surface area contributed by atoms with E-state index < -0.39 is 0 Å². The third-order valence-corrected chi connectivity index (χ3v) is 3.45. The number of nitrogens with zero attached hydrogens (tertiary/aromatic N) is 2. The Morgan fingerprint density at radius 3 is 2.74 bits per heavy atom. The average Bonchev–Trinajstić information content (AvgIpc) is 2.68. The van der Waals surface area contributed by atoms with E-state index in [0.29, 0.717) is 12.5 Å². The molecular formula is C15H25N3O. The molecule has 0 spiro atoms. The van der Waals surface area contributed by atoms with Crippen LogP contribution in [-0.2, 0) is 0 Å². The van der Waals surface area contributed by atoms with Gasteiger partial charge in [-0.05, 0) is 38.9 Å². The van der Waals surface area contributed by atoms with Gasteiger partial charge < -0.3 is 15.0 Å². The lowest BCUT2D eigenvalue weighted by Gasteiger charge is -2.19. The van der Waals surface area contributed by atoms with E-state index in [4.69, 9.17) is 4.74 Å². The summed E-state index contributed by atoms with van der Waals surface area (Å²) in [4.78, 5) is 6.96. The van der Waals surface area contributed by atoms with Crippen LogP contribution >= 0.6 is 0 Å². The number of aromatic nitrogens is 1. The normalized spacial score (nSPS) is 16.9. The van der Waals surface area contributed by atoms with Crippen LogP contribution in [0.2, 0.25) is 0 Å². The molecule has 4 heteroatoms. The lowest BCUT2D eigenvalue weighted by atomic mass is 10.2. The summed E-state index contributed by atoms with van der Waals surface area (Å²) in [6.07, 6.45) is 5.47. The molecule has 19 heavy (non-hydrogen) atoms. The van der Waals surface area contributed by atoms with Crippen molar-refractivity contribution in [2.75, 3.05) is 38.1 Å². The summed E-state index contributed by atoms with van der Waals surface area (Å²) in [7, 11) is 0. The van der Waals surface area contributed by atoms with Gasteiger partial charge in [0, 0.05) is 19.2 Å². The second-order valence-corrected chi connectivity index (χ2v) is 4.98. The molecule has 4 nitrogen and oxygen atoms in total. The SMILES string of the molecule is CCOc1cccc(NCCN2CCCCCC2)n1. The zero-order valence-electron chi connectivity index (χ0n) is 11.9. The molecule has 2 rings (SSSR count). The first-order chi connectivity index (χ1) is 9.38. The van der Waals surface area contributed by atoms with Crippen molar-refractivity contribution in [1.82, 2.24) is 9.88 Å². The molecule has 0 atom stereocenters. The Kier molecular flexibility index (Phi) is 5.95. The van der Waals surface area contributed by atoms with Crippen molar-refractivity contribution in [3.8, 4) is 5.88 Å². The standard InChI is InChI=1S/C15H25N3O/c1-2-19-15-9-7-8-14(17-15)16-10-13-18-11-5-3-4-6-12-18/h7-9H,2-6,10-13H2,1H3,(H,16,17). The fourth-order valence-electron chi connectivity index (χ4n) is 2.44. The van der Waals surface area contributed by atoms with Gasteiger partial charge in [-0.25, -0.2) is 0 Å². The molecule has 2 heterocycles. The molecule has 1 N–H and O–H groups in total. The van der Waals surface area contributed by atoms with Crippen LogP contribution in [0.4, 0.5) is 5.82 Å². The number of ether oxygens (including phenoxy) is 1. The average molecular weight is 263 g/mol. The monoisotopic (exact) mass is 263 g/mol. The minimum absolute atomic E-state index is 0.657. The minimum Gasteiger partial charge on any atom is -0.478 e. The Labute approximate surface area is 116 Å². The summed E-state index contributed by atoms with van der Waals surface area (Å²) in [6, 6.07) is 5.86. The van der Waals surface area contributed by atoms with Gasteiger partial charge in [0.2, 0.25) is 5.88 Å². The van der Waals surface area contributed by atoms with E-state index in [9.17, 15) is 0 Å².